The summed E-state index contributed by atoms with van der Waals surface area (Å²) in [6.45, 7) is 5.46. The van der Waals surface area contributed by atoms with Gasteiger partial charge in [-0.05, 0) is 39.0 Å². The first-order valence-corrected chi connectivity index (χ1v) is 9.30. The maximum Gasteiger partial charge on any atom is 0.268 e. The Morgan fingerprint density at radius 2 is 1.89 bits per heavy atom. The van der Waals surface area contributed by atoms with E-state index in [-0.39, 0.29) is 24.4 Å². The first-order chi connectivity index (χ1) is 13.5. The predicted molar refractivity (Wildman–Crippen MR) is 106 cm³/mol. The van der Waals surface area contributed by atoms with Crippen molar-refractivity contribution in [3.63, 3.8) is 0 Å². The minimum absolute atomic E-state index is 0.0762. The smallest absolute Gasteiger partial charge is 0.268 e. The molecule has 6 heteroatoms. The van der Waals surface area contributed by atoms with Crippen LogP contribution in [0.4, 0.5) is 5.69 Å². The fourth-order valence-corrected chi connectivity index (χ4v) is 3.62. The molecule has 0 spiro atoms. The highest BCUT2D eigenvalue weighted by molar-refractivity contribution is 6.03. The summed E-state index contributed by atoms with van der Waals surface area (Å²) in [6.07, 6.45) is -0.627. The number of rotatable bonds is 4. The first-order valence-electron chi connectivity index (χ1n) is 9.30. The summed E-state index contributed by atoms with van der Waals surface area (Å²) in [6, 6.07) is 14.7. The molecule has 0 fully saturated rings. The Kier molecular flexibility index (Phi) is 4.55. The quantitative estimate of drug-likeness (QED) is 0.751. The monoisotopic (exact) mass is 378 g/mol. The molecular weight excluding hydrogens is 356 g/mol. The van der Waals surface area contributed by atoms with Gasteiger partial charge in [-0.15, -0.1) is 0 Å². The van der Waals surface area contributed by atoms with Crippen LogP contribution in [0.15, 0.2) is 52.9 Å². The number of nitrogens with zero attached hydrogens (tertiary/aromatic N) is 1. The summed E-state index contributed by atoms with van der Waals surface area (Å²) in [5.74, 6) is 0.825. The van der Waals surface area contributed by atoms with Crippen molar-refractivity contribution < 1.29 is 18.7 Å². The van der Waals surface area contributed by atoms with Crippen LogP contribution in [0.2, 0.25) is 0 Å². The van der Waals surface area contributed by atoms with Gasteiger partial charge in [-0.3, -0.25) is 14.5 Å². The van der Waals surface area contributed by atoms with E-state index in [0.29, 0.717) is 11.4 Å². The molecule has 1 N–H and O–H groups in total. The Balaban J connectivity index is 1.52. The minimum Gasteiger partial charge on any atom is -0.479 e. The van der Waals surface area contributed by atoms with Crippen molar-refractivity contribution in [1.29, 1.82) is 0 Å². The van der Waals surface area contributed by atoms with E-state index in [0.717, 1.165) is 22.3 Å². The standard InChI is InChI=1S/C22H22N2O4/c1-13-16-8-4-6-10-18(16)28-21(13)14(2)23-20(25)12-24-17-9-5-7-11-19(17)27-15(3)22(24)26/h4-11,14-15H,12H2,1-3H3,(H,23,25)/t14-,15+/m1/s1. The zero-order valence-electron chi connectivity index (χ0n) is 16.1. The molecule has 144 valence electrons. The number of ether oxygens (including phenoxy) is 1. The van der Waals surface area contributed by atoms with Crippen LogP contribution < -0.4 is 15.0 Å². The van der Waals surface area contributed by atoms with Crippen molar-refractivity contribution in [1.82, 2.24) is 5.32 Å². The molecule has 0 bridgehead atoms. The van der Waals surface area contributed by atoms with E-state index in [2.05, 4.69) is 5.32 Å². The van der Waals surface area contributed by atoms with Gasteiger partial charge in [0, 0.05) is 10.9 Å². The largest absolute Gasteiger partial charge is 0.479 e. The predicted octanol–water partition coefficient (Wildman–Crippen LogP) is 3.73. The number of anilines is 1. The van der Waals surface area contributed by atoms with Crippen molar-refractivity contribution in [3.05, 3.63) is 59.9 Å². The summed E-state index contributed by atoms with van der Waals surface area (Å²) >= 11 is 0. The van der Waals surface area contributed by atoms with Crippen LogP contribution >= 0.6 is 0 Å². The third kappa shape index (κ3) is 3.11. The second-order valence-corrected chi connectivity index (χ2v) is 7.03. The Labute approximate surface area is 163 Å². The van der Waals surface area contributed by atoms with Gasteiger partial charge in [0.2, 0.25) is 5.91 Å². The summed E-state index contributed by atoms with van der Waals surface area (Å²) in [5.41, 5.74) is 2.40. The van der Waals surface area contributed by atoms with E-state index in [1.807, 2.05) is 50.2 Å². The average molecular weight is 378 g/mol. The maximum atomic E-state index is 12.7. The molecule has 0 saturated heterocycles. The van der Waals surface area contributed by atoms with Crippen LogP contribution in [0.5, 0.6) is 5.75 Å². The molecule has 0 saturated carbocycles. The van der Waals surface area contributed by atoms with Gasteiger partial charge in [-0.25, -0.2) is 0 Å². The van der Waals surface area contributed by atoms with Crippen LogP contribution in [0.1, 0.15) is 31.2 Å². The summed E-state index contributed by atoms with van der Waals surface area (Å²) in [4.78, 5) is 26.7. The molecule has 4 rings (SSSR count). The number of hydrogen-bond donors (Lipinski definition) is 1. The second kappa shape index (κ2) is 7.03. The molecule has 1 aliphatic rings. The Bertz CT molecular complexity index is 1060. The van der Waals surface area contributed by atoms with E-state index in [4.69, 9.17) is 9.15 Å². The van der Waals surface area contributed by atoms with E-state index in [1.165, 1.54) is 4.90 Å². The van der Waals surface area contributed by atoms with Gasteiger partial charge in [0.05, 0.1) is 11.7 Å². The highest BCUT2D eigenvalue weighted by Crippen LogP contribution is 2.33. The lowest BCUT2D eigenvalue weighted by molar-refractivity contribution is -0.128. The first kappa shape index (κ1) is 18.1. The molecule has 28 heavy (non-hydrogen) atoms. The maximum absolute atomic E-state index is 12.7. The third-order valence-electron chi connectivity index (χ3n) is 5.03. The fourth-order valence-electron chi connectivity index (χ4n) is 3.62. The van der Waals surface area contributed by atoms with E-state index < -0.39 is 6.10 Å². The molecule has 2 atom stereocenters. The molecule has 0 unspecified atom stereocenters. The number of para-hydroxylation sites is 3. The third-order valence-corrected chi connectivity index (χ3v) is 5.03. The molecule has 0 aliphatic carbocycles. The Hall–Kier alpha value is -3.28. The fraction of sp³-hybridized carbons (Fsp3) is 0.273. The highest BCUT2D eigenvalue weighted by atomic mass is 16.5. The van der Waals surface area contributed by atoms with Crippen molar-refractivity contribution >= 4 is 28.5 Å². The molecule has 2 amide bonds. The van der Waals surface area contributed by atoms with Crippen LogP contribution in [0.25, 0.3) is 11.0 Å². The van der Waals surface area contributed by atoms with Crippen LogP contribution in [-0.4, -0.2) is 24.5 Å². The van der Waals surface area contributed by atoms with Crippen LogP contribution in [0.3, 0.4) is 0 Å². The highest BCUT2D eigenvalue weighted by Gasteiger charge is 2.32. The van der Waals surface area contributed by atoms with Gasteiger partial charge in [-0.1, -0.05) is 30.3 Å². The SMILES string of the molecule is Cc1c([C@@H](C)NC(=O)CN2C(=O)[C@H](C)Oc3ccccc32)oc2ccccc12. The zero-order chi connectivity index (χ0) is 19.8. The van der Waals surface area contributed by atoms with Crippen molar-refractivity contribution in [3.8, 4) is 5.75 Å². The minimum atomic E-state index is -0.627. The number of amides is 2. The molecule has 2 aromatic carbocycles. The second-order valence-electron chi connectivity index (χ2n) is 7.03. The van der Waals surface area contributed by atoms with Crippen molar-refractivity contribution in [2.75, 3.05) is 11.4 Å². The van der Waals surface area contributed by atoms with Crippen LogP contribution in [0, 0.1) is 6.92 Å². The van der Waals surface area contributed by atoms with Crippen molar-refractivity contribution in [2.24, 2.45) is 0 Å². The summed E-state index contributed by atoms with van der Waals surface area (Å²) in [7, 11) is 0. The lowest BCUT2D eigenvalue weighted by Gasteiger charge is -2.32. The van der Waals surface area contributed by atoms with E-state index in [1.54, 1.807) is 19.1 Å². The lowest BCUT2D eigenvalue weighted by atomic mass is 10.1. The molecule has 0 radical (unpaired) electrons. The van der Waals surface area contributed by atoms with Gasteiger partial charge in [0.1, 0.15) is 23.6 Å². The molecule has 2 heterocycles. The summed E-state index contributed by atoms with van der Waals surface area (Å²) < 4.78 is 11.5. The molecule has 1 aliphatic heterocycles. The number of nitrogens with one attached hydrogen (secondary N) is 1. The molecule has 6 nitrogen and oxygen atoms in total. The number of fused-ring (bicyclic) bond motifs is 2. The number of benzene rings is 2. The number of furan rings is 1. The van der Waals surface area contributed by atoms with E-state index in [9.17, 15) is 9.59 Å². The number of carbonyl (C=O) groups is 2. The van der Waals surface area contributed by atoms with Gasteiger partial charge in [0.15, 0.2) is 6.10 Å². The molecule has 1 aromatic heterocycles. The van der Waals surface area contributed by atoms with Crippen LogP contribution in [-0.2, 0) is 9.59 Å². The lowest BCUT2D eigenvalue weighted by Crippen LogP contribution is -2.49. The zero-order valence-corrected chi connectivity index (χ0v) is 16.1. The van der Waals surface area contributed by atoms with Gasteiger partial charge in [0.25, 0.3) is 5.91 Å². The number of hydrogen-bond acceptors (Lipinski definition) is 4. The Morgan fingerprint density at radius 1 is 1.18 bits per heavy atom. The number of carbonyl (C=O) groups excluding carboxylic acids is 2. The summed E-state index contributed by atoms with van der Waals surface area (Å²) in [5, 5.41) is 3.98. The number of aryl methyl sites for hydroxylation is 1. The van der Waals surface area contributed by atoms with Gasteiger partial charge in [-0.2, -0.15) is 0 Å². The normalized spacial score (nSPS) is 17.2. The average Bonchev–Trinajstić information content (AvgIpc) is 3.02. The topological polar surface area (TPSA) is 71.8 Å². The van der Waals surface area contributed by atoms with Gasteiger partial charge >= 0.3 is 0 Å². The van der Waals surface area contributed by atoms with Crippen molar-refractivity contribution in [2.45, 2.75) is 32.9 Å². The molecule has 3 aromatic rings. The van der Waals surface area contributed by atoms with Gasteiger partial charge < -0.3 is 14.5 Å². The molecular formula is C22H22N2O4. The van der Waals surface area contributed by atoms with E-state index >= 15 is 0 Å². The Morgan fingerprint density at radius 3 is 2.68 bits per heavy atom.